The maximum atomic E-state index is 6.38. The van der Waals surface area contributed by atoms with Gasteiger partial charge in [-0.1, -0.05) is 103 Å². The first kappa shape index (κ1) is 29.4. The summed E-state index contributed by atoms with van der Waals surface area (Å²) in [6, 6.07) is 55.3. The summed E-state index contributed by atoms with van der Waals surface area (Å²) in [6.45, 7) is 0. The molecule has 0 aliphatic carbocycles. The van der Waals surface area contributed by atoms with Gasteiger partial charge in [0.25, 0.3) is 0 Å². The van der Waals surface area contributed by atoms with Crippen LogP contribution in [0.15, 0.2) is 173 Å². The van der Waals surface area contributed by atoms with Crippen LogP contribution in [0, 0.1) is 0 Å². The van der Waals surface area contributed by atoms with Crippen LogP contribution in [-0.4, -0.2) is 24.5 Å². The van der Waals surface area contributed by atoms with Crippen LogP contribution < -0.4 is 0 Å². The molecule has 11 rings (SSSR count). The number of hydrogen-bond acceptors (Lipinski definition) is 6. The van der Waals surface area contributed by atoms with Crippen molar-refractivity contribution in [3.8, 4) is 51.3 Å². The number of aromatic nitrogens is 5. The van der Waals surface area contributed by atoms with E-state index in [1.54, 1.807) is 0 Å². The van der Waals surface area contributed by atoms with Gasteiger partial charge in [0.15, 0.2) is 23.1 Å². The molecule has 0 radical (unpaired) electrons. The zero-order chi connectivity index (χ0) is 34.9. The molecule has 0 bridgehead atoms. The Bertz CT molecular complexity index is 3120. The number of rotatable bonds is 5. The van der Waals surface area contributed by atoms with Crippen LogP contribution in [0.5, 0.6) is 0 Å². The van der Waals surface area contributed by atoms with E-state index in [1.165, 1.54) is 10.8 Å². The highest BCUT2D eigenvalue weighted by atomic mass is 16.3. The molecule has 0 unspecified atom stereocenters. The number of hydrogen-bond donors (Lipinski definition) is 0. The predicted molar refractivity (Wildman–Crippen MR) is 211 cm³/mol. The van der Waals surface area contributed by atoms with Crippen molar-refractivity contribution >= 4 is 54.8 Å². The number of oxazole rings is 1. The van der Waals surface area contributed by atoms with E-state index >= 15 is 0 Å². The van der Waals surface area contributed by atoms with Gasteiger partial charge in [0.05, 0.1) is 11.0 Å². The lowest BCUT2D eigenvalue weighted by atomic mass is 10.1. The van der Waals surface area contributed by atoms with Crippen LogP contribution in [-0.2, 0) is 0 Å². The van der Waals surface area contributed by atoms with E-state index in [2.05, 4.69) is 65.2 Å². The first-order valence-corrected chi connectivity index (χ1v) is 17.5. The van der Waals surface area contributed by atoms with E-state index < -0.39 is 0 Å². The number of fused-ring (bicyclic) bond motifs is 7. The van der Waals surface area contributed by atoms with Crippen LogP contribution in [0.4, 0.5) is 0 Å². The monoisotopic (exact) mass is 681 g/mol. The first-order valence-electron chi connectivity index (χ1n) is 17.5. The largest absolute Gasteiger partial charge is 0.456 e. The smallest absolute Gasteiger partial charge is 0.227 e. The van der Waals surface area contributed by atoms with Crippen LogP contribution in [0.1, 0.15) is 0 Å². The van der Waals surface area contributed by atoms with Crippen molar-refractivity contribution in [2.24, 2.45) is 0 Å². The lowest BCUT2D eigenvalue weighted by Crippen LogP contribution is -2.00. The van der Waals surface area contributed by atoms with E-state index in [0.717, 1.165) is 66.4 Å². The number of furan rings is 1. The highest BCUT2D eigenvalue weighted by Crippen LogP contribution is 2.39. The van der Waals surface area contributed by atoms with Gasteiger partial charge in [0, 0.05) is 55.6 Å². The molecular weight excluding hydrogens is 655 g/mol. The minimum absolute atomic E-state index is 0.532. The summed E-state index contributed by atoms with van der Waals surface area (Å²) < 4.78 is 15.0. The van der Waals surface area contributed by atoms with E-state index in [4.69, 9.17) is 28.8 Å². The first-order chi connectivity index (χ1) is 26.2. The fourth-order valence-corrected chi connectivity index (χ4v) is 7.37. The zero-order valence-corrected chi connectivity index (χ0v) is 28.1. The molecule has 0 saturated heterocycles. The van der Waals surface area contributed by atoms with Crippen molar-refractivity contribution in [3.05, 3.63) is 164 Å². The summed E-state index contributed by atoms with van der Waals surface area (Å²) in [4.78, 5) is 19.6. The molecule has 0 amide bonds. The molecule has 4 heterocycles. The summed E-state index contributed by atoms with van der Waals surface area (Å²) in [5.74, 6) is 2.32. The Hall–Kier alpha value is -7.38. The zero-order valence-electron chi connectivity index (χ0n) is 28.1. The summed E-state index contributed by atoms with van der Waals surface area (Å²) in [7, 11) is 0. The second-order valence-electron chi connectivity index (χ2n) is 13.1. The van der Waals surface area contributed by atoms with Gasteiger partial charge in [0.1, 0.15) is 16.7 Å². The third kappa shape index (κ3) is 4.82. The SMILES string of the molecule is c1ccc(-c2nc(-c3ccccc3)nc(-c3ccc4oc(-c5cccc(-n6c7ccccc7c7cc8c(cc76)oc6ccccc68)c5)nc4c3)n2)cc1. The average molecular weight is 682 g/mol. The van der Waals surface area contributed by atoms with Gasteiger partial charge in [-0.05, 0) is 54.6 Å². The molecule has 0 saturated carbocycles. The van der Waals surface area contributed by atoms with Gasteiger partial charge >= 0.3 is 0 Å². The number of benzene rings is 7. The Labute approximate surface area is 302 Å². The van der Waals surface area contributed by atoms with Crippen molar-refractivity contribution in [3.63, 3.8) is 0 Å². The molecular formula is C46H27N5O2. The number of para-hydroxylation sites is 2. The highest BCUT2D eigenvalue weighted by Gasteiger charge is 2.18. The molecule has 53 heavy (non-hydrogen) atoms. The molecule has 7 aromatic carbocycles. The Kier molecular flexibility index (Phi) is 6.42. The Morgan fingerprint density at radius 1 is 0.358 bits per heavy atom. The lowest BCUT2D eigenvalue weighted by molar-refractivity contribution is 0.620. The summed E-state index contributed by atoms with van der Waals surface area (Å²) in [6.07, 6.45) is 0. The molecule has 0 spiro atoms. The molecule has 0 aliphatic rings. The van der Waals surface area contributed by atoms with Crippen molar-refractivity contribution in [1.29, 1.82) is 0 Å². The van der Waals surface area contributed by atoms with Crippen molar-refractivity contribution in [1.82, 2.24) is 24.5 Å². The minimum atomic E-state index is 0.532. The highest BCUT2D eigenvalue weighted by molar-refractivity contribution is 6.17. The van der Waals surface area contributed by atoms with Crippen LogP contribution >= 0.6 is 0 Å². The quantitative estimate of drug-likeness (QED) is 0.180. The topological polar surface area (TPSA) is 82.8 Å². The van der Waals surface area contributed by atoms with Crippen LogP contribution in [0.25, 0.3) is 106 Å². The van der Waals surface area contributed by atoms with Gasteiger partial charge < -0.3 is 13.4 Å². The standard InChI is InChI=1S/C46H27N5O2/c1-3-12-28(13-4-1)43-48-44(29-14-5-2-6-15-29)50-45(49-43)30-22-23-41-37(25-30)47-46(53-41)31-16-11-17-32(24-31)51-38-20-9-7-18-33(38)35-26-36-34-19-8-10-21-40(34)52-42(36)27-39(35)51/h1-27H. The normalized spacial score (nSPS) is 11.8. The maximum Gasteiger partial charge on any atom is 0.227 e. The van der Waals surface area contributed by atoms with E-state index in [-0.39, 0.29) is 0 Å². The van der Waals surface area contributed by atoms with Crippen molar-refractivity contribution in [2.45, 2.75) is 0 Å². The van der Waals surface area contributed by atoms with Gasteiger partial charge in [-0.25, -0.2) is 19.9 Å². The number of nitrogens with zero attached hydrogens (tertiary/aromatic N) is 5. The third-order valence-corrected chi connectivity index (χ3v) is 9.87. The maximum absolute atomic E-state index is 6.38. The fraction of sp³-hybridized carbons (Fsp3) is 0. The molecule has 0 N–H and O–H groups in total. The van der Waals surface area contributed by atoms with Crippen LogP contribution in [0.3, 0.4) is 0 Å². The molecule has 11 aromatic rings. The molecule has 0 fully saturated rings. The van der Waals surface area contributed by atoms with Crippen molar-refractivity contribution in [2.75, 3.05) is 0 Å². The van der Waals surface area contributed by atoms with E-state index in [1.807, 2.05) is 103 Å². The molecule has 0 aliphatic heterocycles. The van der Waals surface area contributed by atoms with Gasteiger partial charge in [-0.2, -0.15) is 0 Å². The van der Waals surface area contributed by atoms with Crippen molar-refractivity contribution < 1.29 is 8.83 Å². The summed E-state index contributed by atoms with van der Waals surface area (Å²) in [5, 5.41) is 4.58. The average Bonchev–Trinajstić information content (AvgIpc) is 3.92. The van der Waals surface area contributed by atoms with E-state index in [9.17, 15) is 0 Å². The molecule has 7 heteroatoms. The van der Waals surface area contributed by atoms with Gasteiger partial charge in [-0.3, -0.25) is 0 Å². The predicted octanol–water partition coefficient (Wildman–Crippen LogP) is 11.7. The van der Waals surface area contributed by atoms with Gasteiger partial charge in [-0.15, -0.1) is 0 Å². The molecule has 248 valence electrons. The van der Waals surface area contributed by atoms with Gasteiger partial charge in [0.2, 0.25) is 5.89 Å². The lowest BCUT2D eigenvalue weighted by Gasteiger charge is -2.09. The Balaban J connectivity index is 1.02. The molecule has 0 atom stereocenters. The second kappa shape index (κ2) is 11.6. The molecule has 4 aromatic heterocycles. The Morgan fingerprint density at radius 3 is 1.79 bits per heavy atom. The van der Waals surface area contributed by atoms with Crippen LogP contribution in [0.2, 0.25) is 0 Å². The third-order valence-electron chi connectivity index (χ3n) is 9.87. The fourth-order valence-electron chi connectivity index (χ4n) is 7.37. The summed E-state index contributed by atoms with van der Waals surface area (Å²) >= 11 is 0. The summed E-state index contributed by atoms with van der Waals surface area (Å²) in [5.41, 5.74) is 9.85. The Morgan fingerprint density at radius 2 is 1.02 bits per heavy atom. The molecule has 7 nitrogen and oxygen atoms in total. The minimum Gasteiger partial charge on any atom is -0.456 e. The second-order valence-corrected chi connectivity index (χ2v) is 13.1. The van der Waals surface area contributed by atoms with E-state index in [0.29, 0.717) is 28.9 Å².